The first-order chi connectivity index (χ1) is 19.2. The van der Waals surface area contributed by atoms with Crippen LogP contribution in [0.25, 0.3) is 10.4 Å². The quantitative estimate of drug-likeness (QED) is 0.0373. The van der Waals surface area contributed by atoms with Gasteiger partial charge in [-0.25, -0.2) is 0 Å². The van der Waals surface area contributed by atoms with Gasteiger partial charge in [0.2, 0.25) is 5.91 Å². The van der Waals surface area contributed by atoms with E-state index in [4.69, 9.17) is 34.0 Å². The molecule has 2 aliphatic heterocycles. The SMILES string of the molecule is CC(=O)N[C@@H]1CO[C@@H](CO)[C@@H](O)[C@H]1O[C@H]1OC(C(=O)NCCOCCOCCOCCN=[N+]=[N-])[C@H](O)[C@@H](O)[C@@H]1O. The van der Waals surface area contributed by atoms with Crippen molar-refractivity contribution in [3.05, 3.63) is 10.4 Å². The molecule has 18 nitrogen and oxygen atoms in total. The topological polar surface area (TPSA) is 263 Å². The number of hydrogen-bond donors (Lipinski definition) is 7. The summed E-state index contributed by atoms with van der Waals surface area (Å²) in [7, 11) is 0. The van der Waals surface area contributed by atoms with Gasteiger partial charge in [-0.2, -0.15) is 0 Å². The largest absolute Gasteiger partial charge is 0.394 e. The molecule has 0 aliphatic carbocycles. The van der Waals surface area contributed by atoms with Crippen LogP contribution in [0.5, 0.6) is 0 Å². The Balaban J connectivity index is 1.78. The van der Waals surface area contributed by atoms with Crippen molar-refractivity contribution in [1.82, 2.24) is 10.6 Å². The van der Waals surface area contributed by atoms with Gasteiger partial charge >= 0.3 is 0 Å². The summed E-state index contributed by atoms with van der Waals surface area (Å²) in [6.07, 6.45) is -12.5. The molecule has 2 aliphatic rings. The summed E-state index contributed by atoms with van der Waals surface area (Å²) >= 11 is 0. The molecule has 7 N–H and O–H groups in total. The number of aliphatic hydroxyl groups excluding tert-OH is 5. The van der Waals surface area contributed by atoms with E-state index in [1.165, 1.54) is 6.92 Å². The van der Waals surface area contributed by atoms with Crippen LogP contribution in [-0.4, -0.2) is 158 Å². The zero-order chi connectivity index (χ0) is 29.5. The first-order valence-electron chi connectivity index (χ1n) is 12.8. The number of rotatable bonds is 17. The Morgan fingerprint density at radius 3 is 2.25 bits per heavy atom. The Morgan fingerprint density at radius 2 is 1.62 bits per heavy atom. The number of azide groups is 1. The van der Waals surface area contributed by atoms with Gasteiger partial charge in [0.05, 0.1) is 58.9 Å². The lowest BCUT2D eigenvalue weighted by Gasteiger charge is -2.45. The van der Waals surface area contributed by atoms with Crippen LogP contribution in [0.1, 0.15) is 6.92 Å². The summed E-state index contributed by atoms with van der Waals surface area (Å²) in [6.45, 7) is 2.36. The summed E-state index contributed by atoms with van der Waals surface area (Å²) in [5.74, 6) is -1.28. The zero-order valence-electron chi connectivity index (χ0n) is 22.1. The molecule has 230 valence electrons. The van der Waals surface area contributed by atoms with Gasteiger partial charge in [0, 0.05) is 24.9 Å². The summed E-state index contributed by atoms with van der Waals surface area (Å²) in [4.78, 5) is 26.8. The van der Waals surface area contributed by atoms with Gasteiger partial charge in [0.1, 0.15) is 36.6 Å². The maximum atomic E-state index is 12.6. The maximum Gasteiger partial charge on any atom is 0.252 e. The van der Waals surface area contributed by atoms with Crippen LogP contribution >= 0.6 is 0 Å². The third kappa shape index (κ3) is 10.7. The molecule has 2 amide bonds. The average molecular weight is 582 g/mol. The van der Waals surface area contributed by atoms with Gasteiger partial charge in [-0.1, -0.05) is 5.11 Å². The monoisotopic (exact) mass is 581 g/mol. The number of ether oxygens (including phenoxy) is 6. The van der Waals surface area contributed by atoms with E-state index in [0.29, 0.717) is 19.8 Å². The van der Waals surface area contributed by atoms with Gasteiger partial charge in [-0.3, -0.25) is 9.59 Å². The van der Waals surface area contributed by atoms with Gasteiger partial charge in [-0.15, -0.1) is 0 Å². The van der Waals surface area contributed by atoms with Crippen molar-refractivity contribution in [2.75, 3.05) is 65.9 Å². The Bertz CT molecular complexity index is 820. The Morgan fingerprint density at radius 1 is 0.975 bits per heavy atom. The lowest BCUT2D eigenvalue weighted by Crippen LogP contribution is -2.66. The number of hydrogen-bond acceptors (Lipinski definition) is 14. The van der Waals surface area contributed by atoms with Crippen molar-refractivity contribution in [3.8, 4) is 0 Å². The highest BCUT2D eigenvalue weighted by Gasteiger charge is 2.50. The first-order valence-corrected chi connectivity index (χ1v) is 12.8. The maximum absolute atomic E-state index is 12.6. The van der Waals surface area contributed by atoms with E-state index in [-0.39, 0.29) is 39.5 Å². The molecule has 0 spiro atoms. The Kier molecular flexibility index (Phi) is 15.5. The number of aliphatic hydroxyl groups is 5. The fourth-order valence-corrected chi connectivity index (χ4v) is 3.96. The molecule has 2 heterocycles. The molecule has 0 aromatic heterocycles. The lowest BCUT2D eigenvalue weighted by molar-refractivity contribution is -0.319. The third-order valence-corrected chi connectivity index (χ3v) is 5.98. The minimum atomic E-state index is -1.84. The van der Waals surface area contributed by atoms with Crippen LogP contribution in [0.2, 0.25) is 0 Å². The normalized spacial score (nSPS) is 32.2. The van der Waals surface area contributed by atoms with E-state index in [1.807, 2.05) is 0 Å². The van der Waals surface area contributed by atoms with Crippen LogP contribution in [0.15, 0.2) is 5.11 Å². The molecular formula is C22H39N5O13. The fraction of sp³-hybridized carbons (Fsp3) is 0.909. The van der Waals surface area contributed by atoms with E-state index in [9.17, 15) is 35.1 Å². The van der Waals surface area contributed by atoms with Crippen molar-refractivity contribution >= 4 is 11.8 Å². The second kappa shape index (κ2) is 18.3. The number of nitrogens with zero attached hydrogens (tertiary/aromatic N) is 3. The van der Waals surface area contributed by atoms with Crippen LogP contribution in [0, 0.1) is 0 Å². The van der Waals surface area contributed by atoms with E-state index < -0.39 is 73.5 Å². The molecule has 40 heavy (non-hydrogen) atoms. The molecule has 0 bridgehead atoms. The fourth-order valence-electron chi connectivity index (χ4n) is 3.96. The standard InChI is InChI=1S/C22H39N5O13/c1-12(29)26-13-11-38-14(10-28)15(30)19(13)39-22-18(33)16(31)17(32)20(40-22)21(34)24-2-4-35-6-8-37-9-7-36-5-3-25-27-23/h13-20,22,28,30-33H,2-11H2,1H3,(H,24,34)(H,26,29)/t13-,14+,15-,16-,17-,18+,19+,20?,22+/m1/s1. The summed E-state index contributed by atoms with van der Waals surface area (Å²) < 4.78 is 32.3. The Labute approximate surface area is 230 Å². The smallest absolute Gasteiger partial charge is 0.252 e. The molecule has 2 fully saturated rings. The highest BCUT2D eigenvalue weighted by molar-refractivity contribution is 5.81. The highest BCUT2D eigenvalue weighted by atomic mass is 16.7. The molecule has 2 rings (SSSR count). The summed E-state index contributed by atoms with van der Waals surface area (Å²) in [5, 5.41) is 59.4. The van der Waals surface area contributed by atoms with E-state index >= 15 is 0 Å². The minimum absolute atomic E-state index is 0.0274. The number of nitrogens with one attached hydrogen (secondary N) is 2. The van der Waals surface area contributed by atoms with Crippen LogP contribution < -0.4 is 10.6 Å². The van der Waals surface area contributed by atoms with E-state index in [0.717, 1.165) is 0 Å². The van der Waals surface area contributed by atoms with Crippen LogP contribution in [-0.2, 0) is 38.0 Å². The van der Waals surface area contributed by atoms with Gasteiger partial charge in [0.15, 0.2) is 12.4 Å². The lowest BCUT2D eigenvalue weighted by atomic mass is 9.96. The average Bonchev–Trinajstić information content (AvgIpc) is 2.92. The molecule has 18 heteroatoms. The van der Waals surface area contributed by atoms with Crippen molar-refractivity contribution in [1.29, 1.82) is 0 Å². The number of amides is 2. The zero-order valence-corrected chi connectivity index (χ0v) is 22.1. The predicted molar refractivity (Wildman–Crippen MR) is 131 cm³/mol. The highest BCUT2D eigenvalue weighted by Crippen LogP contribution is 2.27. The molecule has 9 atom stereocenters. The second-order valence-electron chi connectivity index (χ2n) is 8.93. The number of carbonyl (C=O) groups excluding carboxylic acids is 2. The molecular weight excluding hydrogens is 542 g/mol. The van der Waals surface area contributed by atoms with Crippen molar-refractivity contribution in [2.24, 2.45) is 5.11 Å². The molecule has 0 saturated carbocycles. The molecule has 0 aromatic carbocycles. The first kappa shape index (κ1) is 34.0. The van der Waals surface area contributed by atoms with Gasteiger partial charge in [0.25, 0.3) is 5.91 Å². The van der Waals surface area contributed by atoms with Crippen molar-refractivity contribution in [3.63, 3.8) is 0 Å². The molecule has 1 unspecified atom stereocenters. The van der Waals surface area contributed by atoms with Crippen LogP contribution in [0.3, 0.4) is 0 Å². The predicted octanol–water partition coefficient (Wildman–Crippen LogP) is -4.09. The van der Waals surface area contributed by atoms with Crippen molar-refractivity contribution < 1.29 is 63.5 Å². The van der Waals surface area contributed by atoms with Gasteiger partial charge < -0.3 is 64.6 Å². The minimum Gasteiger partial charge on any atom is -0.394 e. The molecule has 0 radical (unpaired) electrons. The van der Waals surface area contributed by atoms with Crippen LogP contribution in [0.4, 0.5) is 0 Å². The summed E-state index contributed by atoms with van der Waals surface area (Å²) in [5.41, 5.74) is 8.15. The van der Waals surface area contributed by atoms with Crippen molar-refractivity contribution in [2.45, 2.75) is 62.0 Å². The molecule has 2 saturated heterocycles. The molecule has 0 aromatic rings. The number of carbonyl (C=O) groups is 2. The van der Waals surface area contributed by atoms with Gasteiger partial charge in [-0.05, 0) is 5.53 Å². The Hall–Kier alpha value is -2.19. The van der Waals surface area contributed by atoms with E-state index in [1.54, 1.807) is 0 Å². The van der Waals surface area contributed by atoms with E-state index in [2.05, 4.69) is 20.7 Å². The second-order valence-corrected chi connectivity index (χ2v) is 8.93. The third-order valence-electron chi connectivity index (χ3n) is 5.98. The summed E-state index contributed by atoms with van der Waals surface area (Å²) in [6, 6.07) is -0.903.